The first-order valence-corrected chi connectivity index (χ1v) is 24.7. The Morgan fingerprint density at radius 3 is 1.31 bits per heavy atom. The van der Waals surface area contributed by atoms with Crippen LogP contribution in [0, 0.1) is 0 Å². The minimum absolute atomic E-state index is 0.0549. The van der Waals surface area contributed by atoms with Gasteiger partial charge in [-0.25, -0.2) is 4.57 Å². The number of carbonyl (C=O) groups is 2. The first kappa shape index (κ1) is 53.8. The number of hydrogen-bond donors (Lipinski definition) is 2. The summed E-state index contributed by atoms with van der Waals surface area (Å²) >= 11 is 0. The predicted octanol–water partition coefficient (Wildman–Crippen LogP) is 13.4. The second-order valence-corrected chi connectivity index (χ2v) is 17.1. The highest BCUT2D eigenvalue weighted by atomic mass is 31.2. The fourth-order valence-corrected chi connectivity index (χ4v) is 7.45. The molecule has 0 aliphatic carbocycles. The molecule has 326 valence electrons. The molecule has 2 atom stereocenters. The van der Waals surface area contributed by atoms with Crippen LogP contribution in [0.5, 0.6) is 0 Å². The lowest BCUT2D eigenvalue weighted by molar-refractivity contribution is -0.161. The highest BCUT2D eigenvalue weighted by molar-refractivity contribution is 7.47. The Bertz CT molecular complexity index is 917. The largest absolute Gasteiger partial charge is 0.472 e. The van der Waals surface area contributed by atoms with Crippen molar-refractivity contribution in [2.75, 3.05) is 26.4 Å². The van der Waals surface area contributed by atoms with Crippen molar-refractivity contribution < 1.29 is 37.6 Å². The smallest absolute Gasteiger partial charge is 0.462 e. The second kappa shape index (κ2) is 42.4. The van der Waals surface area contributed by atoms with Crippen LogP contribution >= 0.6 is 7.82 Å². The molecule has 3 N–H and O–H groups in total. The SMILES string of the molecule is CCCCCC/C=C\CCCCCCCC(=O)O[C@H](COC(=O)CCCCCCCCCCCCCCCCCCCCCCC)COP(=O)(O)OCCN. The Labute approximate surface area is 339 Å². The molecule has 0 saturated heterocycles. The predicted molar refractivity (Wildman–Crippen MR) is 229 cm³/mol. The molecule has 0 saturated carbocycles. The summed E-state index contributed by atoms with van der Waals surface area (Å²) in [6.45, 7) is 3.74. The van der Waals surface area contributed by atoms with Crippen LogP contribution in [0.25, 0.3) is 0 Å². The monoisotopic (exact) mass is 802 g/mol. The number of carbonyl (C=O) groups excluding carboxylic acids is 2. The highest BCUT2D eigenvalue weighted by Crippen LogP contribution is 2.43. The zero-order valence-corrected chi connectivity index (χ0v) is 36.8. The normalized spacial score (nSPS) is 13.3. The standard InChI is InChI=1S/C45H88NO8P/c1-3-5-7-9-11-13-15-17-18-19-20-21-22-23-24-26-27-29-31-33-35-37-44(47)51-41-43(42-53-55(49,50)52-40-39-46)54-45(48)38-36-34-32-30-28-25-16-14-12-10-8-6-4-2/h14,16,43H,3-13,15,17-42,46H2,1-2H3,(H,49,50)/b16-14-/t43-/m1/s1. The molecule has 0 bridgehead atoms. The Morgan fingerprint density at radius 2 is 0.891 bits per heavy atom. The van der Waals surface area contributed by atoms with E-state index in [4.69, 9.17) is 24.3 Å². The molecule has 9 nitrogen and oxygen atoms in total. The van der Waals surface area contributed by atoms with Crippen LogP contribution in [0.15, 0.2) is 12.2 Å². The van der Waals surface area contributed by atoms with Crippen LogP contribution in [0.4, 0.5) is 0 Å². The molecule has 0 aliphatic rings. The van der Waals surface area contributed by atoms with Gasteiger partial charge in [-0.3, -0.25) is 18.6 Å². The fourth-order valence-electron chi connectivity index (χ4n) is 6.69. The number of phosphoric ester groups is 1. The maximum Gasteiger partial charge on any atom is 0.472 e. The van der Waals surface area contributed by atoms with Crippen LogP contribution in [-0.2, 0) is 32.7 Å². The number of esters is 2. The molecule has 0 heterocycles. The summed E-state index contributed by atoms with van der Waals surface area (Å²) in [7, 11) is -4.37. The van der Waals surface area contributed by atoms with Gasteiger partial charge in [-0.05, 0) is 38.5 Å². The number of nitrogens with two attached hydrogens (primary N) is 1. The van der Waals surface area contributed by atoms with Gasteiger partial charge in [-0.2, -0.15) is 0 Å². The van der Waals surface area contributed by atoms with E-state index in [1.165, 1.54) is 148 Å². The van der Waals surface area contributed by atoms with Gasteiger partial charge in [0.25, 0.3) is 0 Å². The first-order valence-electron chi connectivity index (χ1n) is 23.2. The molecular formula is C45H88NO8P. The van der Waals surface area contributed by atoms with Crippen molar-refractivity contribution in [3.63, 3.8) is 0 Å². The van der Waals surface area contributed by atoms with E-state index < -0.39 is 26.5 Å². The van der Waals surface area contributed by atoms with E-state index in [9.17, 15) is 19.0 Å². The van der Waals surface area contributed by atoms with Crippen LogP contribution in [0.3, 0.4) is 0 Å². The van der Waals surface area contributed by atoms with Crippen molar-refractivity contribution in [2.24, 2.45) is 5.73 Å². The molecule has 1 unspecified atom stereocenters. The lowest BCUT2D eigenvalue weighted by Gasteiger charge is -2.19. The molecule has 55 heavy (non-hydrogen) atoms. The quantitative estimate of drug-likeness (QED) is 0.0267. The van der Waals surface area contributed by atoms with Gasteiger partial charge < -0.3 is 20.1 Å². The summed E-state index contributed by atoms with van der Waals surface area (Å²) in [4.78, 5) is 34.9. The Kier molecular flexibility index (Phi) is 41.4. The Morgan fingerprint density at radius 1 is 0.527 bits per heavy atom. The first-order chi connectivity index (χ1) is 26.8. The van der Waals surface area contributed by atoms with Crippen molar-refractivity contribution in [2.45, 2.75) is 238 Å². The van der Waals surface area contributed by atoms with Gasteiger partial charge in [0, 0.05) is 19.4 Å². The molecule has 0 radical (unpaired) electrons. The van der Waals surface area contributed by atoms with Crippen LogP contribution in [-0.4, -0.2) is 49.3 Å². The molecule has 0 aromatic carbocycles. The summed E-state index contributed by atoms with van der Waals surface area (Å²) in [6, 6.07) is 0. The average Bonchev–Trinajstić information content (AvgIpc) is 3.17. The van der Waals surface area contributed by atoms with E-state index in [1.807, 2.05) is 0 Å². The molecule has 0 aromatic heterocycles. The summed E-state index contributed by atoms with van der Waals surface area (Å²) in [5.74, 6) is -0.826. The number of rotatable bonds is 44. The molecule has 0 fully saturated rings. The third kappa shape index (κ3) is 42.2. The van der Waals surface area contributed by atoms with E-state index in [0.717, 1.165) is 51.4 Å². The van der Waals surface area contributed by atoms with Gasteiger partial charge in [0.1, 0.15) is 6.61 Å². The zero-order valence-electron chi connectivity index (χ0n) is 35.9. The third-order valence-corrected chi connectivity index (χ3v) is 11.1. The molecule has 0 spiro atoms. The molecule has 10 heteroatoms. The van der Waals surface area contributed by atoms with Gasteiger partial charge in [0.2, 0.25) is 0 Å². The van der Waals surface area contributed by atoms with E-state index in [-0.39, 0.29) is 38.6 Å². The van der Waals surface area contributed by atoms with Crippen molar-refractivity contribution >= 4 is 19.8 Å². The second-order valence-electron chi connectivity index (χ2n) is 15.6. The highest BCUT2D eigenvalue weighted by Gasteiger charge is 2.26. The van der Waals surface area contributed by atoms with Gasteiger partial charge >= 0.3 is 19.8 Å². The lowest BCUT2D eigenvalue weighted by Crippen LogP contribution is -2.29. The van der Waals surface area contributed by atoms with E-state index >= 15 is 0 Å². The van der Waals surface area contributed by atoms with Crippen LogP contribution < -0.4 is 5.73 Å². The van der Waals surface area contributed by atoms with Crippen molar-refractivity contribution in [3.8, 4) is 0 Å². The number of hydrogen-bond acceptors (Lipinski definition) is 8. The Hall–Kier alpha value is -1.25. The summed E-state index contributed by atoms with van der Waals surface area (Å²) < 4.78 is 32.8. The summed E-state index contributed by atoms with van der Waals surface area (Å²) in [5.41, 5.74) is 5.35. The van der Waals surface area contributed by atoms with Gasteiger partial charge in [-0.1, -0.05) is 193 Å². The minimum Gasteiger partial charge on any atom is -0.462 e. The fraction of sp³-hybridized carbons (Fsp3) is 0.911. The molecule has 0 aromatic rings. The molecule has 0 amide bonds. The number of ether oxygens (including phenoxy) is 2. The summed E-state index contributed by atoms with van der Waals surface area (Å²) in [5, 5.41) is 0. The maximum absolute atomic E-state index is 12.6. The average molecular weight is 802 g/mol. The minimum atomic E-state index is -4.37. The van der Waals surface area contributed by atoms with Gasteiger partial charge in [0.05, 0.1) is 13.2 Å². The number of phosphoric acid groups is 1. The molecule has 0 aliphatic heterocycles. The zero-order chi connectivity index (χ0) is 40.3. The van der Waals surface area contributed by atoms with E-state index in [0.29, 0.717) is 6.42 Å². The van der Waals surface area contributed by atoms with Crippen LogP contribution in [0.2, 0.25) is 0 Å². The van der Waals surface area contributed by atoms with Gasteiger partial charge in [0.15, 0.2) is 6.10 Å². The van der Waals surface area contributed by atoms with Crippen molar-refractivity contribution in [3.05, 3.63) is 12.2 Å². The molecule has 0 rings (SSSR count). The van der Waals surface area contributed by atoms with E-state index in [1.54, 1.807) is 0 Å². The molecular weight excluding hydrogens is 713 g/mol. The lowest BCUT2D eigenvalue weighted by atomic mass is 10.0. The Balaban J connectivity index is 4.02. The third-order valence-electron chi connectivity index (χ3n) is 10.2. The van der Waals surface area contributed by atoms with Gasteiger partial charge in [-0.15, -0.1) is 0 Å². The maximum atomic E-state index is 12.6. The van der Waals surface area contributed by atoms with Crippen LogP contribution in [0.1, 0.15) is 232 Å². The van der Waals surface area contributed by atoms with Crippen molar-refractivity contribution in [1.82, 2.24) is 0 Å². The summed E-state index contributed by atoms with van der Waals surface area (Å²) in [6.07, 6.45) is 43.9. The topological polar surface area (TPSA) is 134 Å². The van der Waals surface area contributed by atoms with Crippen molar-refractivity contribution in [1.29, 1.82) is 0 Å². The number of unbranched alkanes of at least 4 members (excludes halogenated alkanes) is 29. The van der Waals surface area contributed by atoms with E-state index in [2.05, 4.69) is 26.0 Å². The number of allylic oxidation sites excluding steroid dienone is 2.